The lowest BCUT2D eigenvalue weighted by molar-refractivity contribution is 0.206. The van der Waals surface area contributed by atoms with Gasteiger partial charge in [0.05, 0.1) is 0 Å². The average Bonchev–Trinajstić information content (AvgIpc) is 2.46. The number of nitrogens with one attached hydrogen (secondary N) is 1. The lowest BCUT2D eigenvalue weighted by Gasteiger charge is -2.42. The SMILES string of the molecule is CCNC(C1CCCC(CC)C1)C1SCCSC1C. The number of hydrogen-bond acceptors (Lipinski definition) is 3. The lowest BCUT2D eigenvalue weighted by atomic mass is 9.75. The molecule has 5 atom stereocenters. The first-order valence-electron chi connectivity index (χ1n) is 8.22. The Bertz CT molecular complexity index is 259. The van der Waals surface area contributed by atoms with E-state index in [1.54, 1.807) is 0 Å². The smallest absolute Gasteiger partial charge is 0.0320 e. The third-order valence-corrected chi connectivity index (χ3v) is 8.16. The normalized spacial score (nSPS) is 38.1. The molecule has 19 heavy (non-hydrogen) atoms. The highest BCUT2D eigenvalue weighted by molar-refractivity contribution is 8.07. The number of thioether (sulfide) groups is 2. The summed E-state index contributed by atoms with van der Waals surface area (Å²) in [5.41, 5.74) is 0. The van der Waals surface area contributed by atoms with Crippen LogP contribution in [0.3, 0.4) is 0 Å². The highest BCUT2D eigenvalue weighted by Gasteiger charge is 2.36. The first-order valence-corrected chi connectivity index (χ1v) is 10.3. The summed E-state index contributed by atoms with van der Waals surface area (Å²) in [6.07, 6.45) is 7.26. The highest BCUT2D eigenvalue weighted by Crippen LogP contribution is 2.40. The molecule has 5 unspecified atom stereocenters. The van der Waals surface area contributed by atoms with Gasteiger partial charge in [-0.2, -0.15) is 23.5 Å². The molecule has 1 saturated heterocycles. The van der Waals surface area contributed by atoms with Crippen molar-refractivity contribution in [3.63, 3.8) is 0 Å². The molecule has 0 aromatic heterocycles. The Morgan fingerprint density at radius 3 is 2.63 bits per heavy atom. The molecule has 0 bridgehead atoms. The zero-order valence-corrected chi connectivity index (χ0v) is 14.5. The maximum Gasteiger partial charge on any atom is 0.0320 e. The molecule has 0 spiro atoms. The van der Waals surface area contributed by atoms with Crippen LogP contribution in [0.4, 0.5) is 0 Å². The van der Waals surface area contributed by atoms with Gasteiger partial charge in [-0.25, -0.2) is 0 Å². The standard InChI is InChI=1S/C16H31NS2/c1-4-13-7-6-8-14(11-13)15(17-5-2)16-12(3)18-9-10-19-16/h12-17H,4-11H2,1-3H3. The van der Waals surface area contributed by atoms with E-state index >= 15 is 0 Å². The molecule has 0 aromatic rings. The van der Waals surface area contributed by atoms with Gasteiger partial charge in [-0.3, -0.25) is 0 Å². The van der Waals surface area contributed by atoms with E-state index < -0.39 is 0 Å². The average molecular weight is 302 g/mol. The van der Waals surface area contributed by atoms with Gasteiger partial charge in [0.1, 0.15) is 0 Å². The summed E-state index contributed by atoms with van der Waals surface area (Å²) < 4.78 is 0. The van der Waals surface area contributed by atoms with Crippen molar-refractivity contribution in [1.29, 1.82) is 0 Å². The van der Waals surface area contributed by atoms with E-state index in [1.165, 1.54) is 43.6 Å². The fraction of sp³-hybridized carbons (Fsp3) is 1.00. The molecule has 1 N–H and O–H groups in total. The molecule has 0 radical (unpaired) electrons. The van der Waals surface area contributed by atoms with Crippen LogP contribution in [-0.4, -0.2) is 34.6 Å². The Balaban J connectivity index is 2.01. The van der Waals surface area contributed by atoms with Crippen LogP contribution >= 0.6 is 23.5 Å². The van der Waals surface area contributed by atoms with Crippen molar-refractivity contribution in [3.8, 4) is 0 Å². The maximum atomic E-state index is 3.86. The second-order valence-corrected chi connectivity index (χ2v) is 8.97. The van der Waals surface area contributed by atoms with Gasteiger partial charge in [0.25, 0.3) is 0 Å². The van der Waals surface area contributed by atoms with Crippen molar-refractivity contribution >= 4 is 23.5 Å². The summed E-state index contributed by atoms with van der Waals surface area (Å²) in [5.74, 6) is 4.63. The molecular weight excluding hydrogens is 270 g/mol. The zero-order valence-electron chi connectivity index (χ0n) is 12.9. The quantitative estimate of drug-likeness (QED) is 0.807. The third-order valence-electron chi connectivity index (χ3n) is 4.94. The number of hydrogen-bond donors (Lipinski definition) is 1. The summed E-state index contributed by atoms with van der Waals surface area (Å²) in [7, 11) is 0. The molecule has 2 rings (SSSR count). The first kappa shape index (κ1) is 16.0. The minimum absolute atomic E-state index is 0.757. The molecule has 1 aliphatic heterocycles. The van der Waals surface area contributed by atoms with E-state index in [0.717, 1.165) is 34.9 Å². The van der Waals surface area contributed by atoms with E-state index in [4.69, 9.17) is 0 Å². The molecule has 1 aliphatic carbocycles. The maximum absolute atomic E-state index is 3.86. The van der Waals surface area contributed by atoms with Crippen molar-refractivity contribution in [2.24, 2.45) is 11.8 Å². The second kappa shape index (κ2) is 8.19. The Labute approximate surface area is 128 Å². The van der Waals surface area contributed by atoms with Gasteiger partial charge >= 0.3 is 0 Å². The Morgan fingerprint density at radius 2 is 1.95 bits per heavy atom. The predicted molar refractivity (Wildman–Crippen MR) is 91.4 cm³/mol. The van der Waals surface area contributed by atoms with Crippen molar-refractivity contribution in [1.82, 2.24) is 5.32 Å². The van der Waals surface area contributed by atoms with Crippen LogP contribution in [0.25, 0.3) is 0 Å². The van der Waals surface area contributed by atoms with E-state index in [9.17, 15) is 0 Å². The van der Waals surface area contributed by atoms with Crippen molar-refractivity contribution in [2.75, 3.05) is 18.1 Å². The molecular formula is C16H31NS2. The van der Waals surface area contributed by atoms with Crippen molar-refractivity contribution in [3.05, 3.63) is 0 Å². The van der Waals surface area contributed by atoms with Crippen LogP contribution in [-0.2, 0) is 0 Å². The second-order valence-electron chi connectivity index (χ2n) is 6.20. The summed E-state index contributed by atoms with van der Waals surface area (Å²) in [6.45, 7) is 8.24. The molecule has 2 aliphatic rings. The summed E-state index contributed by atoms with van der Waals surface area (Å²) in [4.78, 5) is 0. The van der Waals surface area contributed by atoms with E-state index in [2.05, 4.69) is 49.6 Å². The summed E-state index contributed by atoms with van der Waals surface area (Å²) >= 11 is 4.43. The van der Waals surface area contributed by atoms with Crippen LogP contribution in [0.1, 0.15) is 52.9 Å². The van der Waals surface area contributed by atoms with Crippen LogP contribution in [0.5, 0.6) is 0 Å². The van der Waals surface area contributed by atoms with Crippen molar-refractivity contribution in [2.45, 2.75) is 69.4 Å². The van der Waals surface area contributed by atoms with E-state index in [1.807, 2.05) is 0 Å². The van der Waals surface area contributed by atoms with Gasteiger partial charge in [-0.1, -0.05) is 40.0 Å². The first-order chi connectivity index (χ1) is 9.26. The molecule has 112 valence electrons. The molecule has 1 nitrogen and oxygen atoms in total. The molecule has 0 aromatic carbocycles. The Morgan fingerprint density at radius 1 is 1.16 bits per heavy atom. The minimum atomic E-state index is 0.757. The predicted octanol–water partition coefficient (Wildman–Crippen LogP) is 4.42. The Kier molecular flexibility index (Phi) is 6.91. The van der Waals surface area contributed by atoms with Gasteiger partial charge in [0.2, 0.25) is 0 Å². The van der Waals surface area contributed by atoms with Gasteiger partial charge in [-0.05, 0) is 31.2 Å². The van der Waals surface area contributed by atoms with Crippen LogP contribution in [0.2, 0.25) is 0 Å². The fourth-order valence-electron chi connectivity index (χ4n) is 3.86. The largest absolute Gasteiger partial charge is 0.313 e. The van der Waals surface area contributed by atoms with Crippen LogP contribution < -0.4 is 5.32 Å². The van der Waals surface area contributed by atoms with Gasteiger partial charge < -0.3 is 5.32 Å². The van der Waals surface area contributed by atoms with Crippen molar-refractivity contribution < 1.29 is 0 Å². The lowest BCUT2D eigenvalue weighted by Crippen LogP contribution is -2.50. The minimum Gasteiger partial charge on any atom is -0.313 e. The highest BCUT2D eigenvalue weighted by atomic mass is 32.2. The Hall–Kier alpha value is 0.660. The number of rotatable bonds is 5. The molecule has 1 saturated carbocycles. The van der Waals surface area contributed by atoms with Gasteiger partial charge in [0, 0.05) is 28.0 Å². The van der Waals surface area contributed by atoms with Crippen LogP contribution in [0.15, 0.2) is 0 Å². The van der Waals surface area contributed by atoms with Crippen LogP contribution in [0, 0.1) is 11.8 Å². The van der Waals surface area contributed by atoms with E-state index in [0.29, 0.717) is 0 Å². The summed E-state index contributed by atoms with van der Waals surface area (Å²) in [6, 6.07) is 0.757. The molecule has 2 fully saturated rings. The molecule has 0 amide bonds. The van der Waals surface area contributed by atoms with Gasteiger partial charge in [0.15, 0.2) is 0 Å². The topological polar surface area (TPSA) is 12.0 Å². The monoisotopic (exact) mass is 301 g/mol. The van der Waals surface area contributed by atoms with Gasteiger partial charge in [-0.15, -0.1) is 0 Å². The van der Waals surface area contributed by atoms with E-state index in [-0.39, 0.29) is 0 Å². The summed E-state index contributed by atoms with van der Waals surface area (Å²) in [5, 5.41) is 5.52. The molecule has 3 heteroatoms. The fourth-order valence-corrected chi connectivity index (χ4v) is 6.90. The molecule has 1 heterocycles. The third kappa shape index (κ3) is 4.31. The zero-order chi connectivity index (χ0) is 13.7.